The Balaban J connectivity index is 1.26. The molecule has 300 valence electrons. The molecule has 8 N–H and O–H groups in total. The molecule has 2 aliphatic heterocycles. The van der Waals surface area contributed by atoms with Gasteiger partial charge >= 0.3 is 0 Å². The van der Waals surface area contributed by atoms with Crippen LogP contribution in [0.3, 0.4) is 0 Å². The highest BCUT2D eigenvalue weighted by atomic mass is 16.7. The lowest BCUT2D eigenvalue weighted by Crippen LogP contribution is -2.72. The molecule has 7 rings (SSSR count). The molecule has 0 radical (unpaired) electrons. The summed E-state index contributed by atoms with van der Waals surface area (Å²) >= 11 is 0. The summed E-state index contributed by atoms with van der Waals surface area (Å²) in [4.78, 5) is 0. The predicted octanol–water partition coefficient (Wildman–Crippen LogP) is 2.09. The van der Waals surface area contributed by atoms with Gasteiger partial charge in [-0.1, -0.05) is 41.5 Å². The van der Waals surface area contributed by atoms with E-state index < -0.39 is 78.5 Å². The lowest BCUT2D eigenvalue weighted by molar-refractivity contribution is -0.348. The third-order valence-corrected chi connectivity index (χ3v) is 17.1. The first-order chi connectivity index (χ1) is 24.0. The van der Waals surface area contributed by atoms with E-state index in [0.717, 1.165) is 32.1 Å². The monoisotopic (exact) mass is 740 g/mol. The maximum absolute atomic E-state index is 12.2. The second kappa shape index (κ2) is 13.0. The van der Waals surface area contributed by atoms with Crippen molar-refractivity contribution >= 4 is 0 Å². The topological polar surface area (TPSA) is 199 Å². The molecule has 5 saturated carbocycles. The Hall–Kier alpha value is -0.480. The summed E-state index contributed by atoms with van der Waals surface area (Å²) in [6.07, 6.45) is -5.33. The average molecular weight is 741 g/mol. The van der Waals surface area contributed by atoms with E-state index in [4.69, 9.17) is 18.9 Å². The van der Waals surface area contributed by atoms with E-state index in [0.29, 0.717) is 25.2 Å². The van der Waals surface area contributed by atoms with Crippen molar-refractivity contribution < 1.29 is 59.8 Å². The minimum absolute atomic E-state index is 0.00640. The van der Waals surface area contributed by atoms with E-state index in [9.17, 15) is 40.9 Å². The van der Waals surface area contributed by atoms with Crippen LogP contribution in [-0.4, -0.2) is 127 Å². The van der Waals surface area contributed by atoms with E-state index >= 15 is 0 Å². The number of fused-ring (bicyclic) bond motifs is 7. The molecule has 5 aliphatic carbocycles. The van der Waals surface area contributed by atoms with E-state index in [1.165, 1.54) is 0 Å². The number of hydrogen-bond acceptors (Lipinski definition) is 12. The van der Waals surface area contributed by atoms with Crippen molar-refractivity contribution in [3.63, 3.8) is 0 Å². The SMILES string of the molecule is CC(C)(O)[C@@H]1CC[C@]2(C)[C@H]1[C@@H](O)C[C@@]1(C)[C@H]2CC[C@H]2[C@]3(C)CC[C@H](O[C@H]4OC[C@H](O)[C@@H](O)[C@H]4O)C(C)(C)[C@H]3[C@H](O[C@H]3OC[C@H](O)[C@H](O)[C@@H]3O)C[C@]21C. The Morgan fingerprint density at radius 2 is 1.10 bits per heavy atom. The van der Waals surface area contributed by atoms with E-state index in [2.05, 4.69) is 41.5 Å². The van der Waals surface area contributed by atoms with Gasteiger partial charge in [-0.05, 0) is 122 Å². The molecular weight excluding hydrogens is 672 g/mol. The van der Waals surface area contributed by atoms with E-state index in [1.807, 2.05) is 13.8 Å². The maximum atomic E-state index is 12.2. The summed E-state index contributed by atoms with van der Waals surface area (Å²) in [7, 11) is 0. The van der Waals surface area contributed by atoms with E-state index in [1.54, 1.807) is 0 Å². The van der Waals surface area contributed by atoms with Gasteiger partial charge in [-0.25, -0.2) is 0 Å². The molecule has 12 nitrogen and oxygen atoms in total. The number of rotatable bonds is 5. The standard InChI is InChI=1S/C40H68O12/c1-35(2)26(52-34-31(47)29(45)22(43)18-50-34)12-14-38(6)25-10-9-24-37(5)13-11-19(36(3,4)48)27(37)20(41)15-39(24,7)40(25,8)16-23(32(35)38)51-33-30(46)28(44)21(42)17-49-33/h19-34,41-48H,9-18H2,1-8H3/t19-,20+,21+,22+,23-,24+,25+,26+,27-,28+,29-,30+,31-,32-,33-,34-,37+,38+,39+,40-/m1/s1. The fraction of sp³-hybridized carbons (Fsp3) is 1.00. The highest BCUT2D eigenvalue weighted by molar-refractivity contribution is 5.23. The van der Waals surface area contributed by atoms with Gasteiger partial charge in [0, 0.05) is 0 Å². The normalized spacial score (nSPS) is 57.7. The van der Waals surface area contributed by atoms with Gasteiger partial charge in [-0.3, -0.25) is 0 Å². The summed E-state index contributed by atoms with van der Waals surface area (Å²) < 4.78 is 25.1. The molecule has 0 unspecified atom stereocenters. The highest BCUT2D eigenvalue weighted by Gasteiger charge is 2.74. The van der Waals surface area contributed by atoms with Crippen molar-refractivity contribution in [2.24, 2.45) is 56.7 Å². The van der Waals surface area contributed by atoms with Crippen LogP contribution >= 0.6 is 0 Å². The van der Waals surface area contributed by atoms with Crippen molar-refractivity contribution in [2.45, 2.75) is 180 Å². The molecule has 12 heteroatoms. The highest BCUT2D eigenvalue weighted by Crippen LogP contribution is 2.78. The Kier molecular flexibility index (Phi) is 9.96. The van der Waals surface area contributed by atoms with Crippen LogP contribution in [0.1, 0.15) is 107 Å². The first kappa shape index (κ1) is 39.7. The molecule has 2 saturated heterocycles. The van der Waals surface area contributed by atoms with Gasteiger partial charge in [-0.15, -0.1) is 0 Å². The third kappa shape index (κ3) is 5.66. The second-order valence-corrected chi connectivity index (χ2v) is 20.5. The number of hydrogen-bond donors (Lipinski definition) is 8. The van der Waals surface area contributed by atoms with Crippen LogP contribution in [0.15, 0.2) is 0 Å². The van der Waals surface area contributed by atoms with Crippen LogP contribution in [-0.2, 0) is 18.9 Å². The molecule has 20 atom stereocenters. The second-order valence-electron chi connectivity index (χ2n) is 20.5. The van der Waals surface area contributed by atoms with Crippen molar-refractivity contribution in [2.75, 3.05) is 13.2 Å². The summed E-state index contributed by atoms with van der Waals surface area (Å²) in [6.45, 7) is 17.3. The van der Waals surface area contributed by atoms with Gasteiger partial charge in [0.2, 0.25) is 0 Å². The maximum Gasteiger partial charge on any atom is 0.186 e. The van der Waals surface area contributed by atoms with Gasteiger partial charge in [0.05, 0.1) is 37.1 Å². The van der Waals surface area contributed by atoms with Gasteiger partial charge in [0.15, 0.2) is 12.6 Å². The van der Waals surface area contributed by atoms with Crippen LogP contribution in [0.25, 0.3) is 0 Å². The van der Waals surface area contributed by atoms with Gasteiger partial charge in [-0.2, -0.15) is 0 Å². The zero-order valence-corrected chi connectivity index (χ0v) is 32.5. The molecule has 0 spiro atoms. The molecule has 7 fully saturated rings. The van der Waals surface area contributed by atoms with Crippen LogP contribution in [0, 0.1) is 56.7 Å². The quantitative estimate of drug-likeness (QED) is 0.191. The fourth-order valence-electron chi connectivity index (χ4n) is 14.7. The largest absolute Gasteiger partial charge is 0.393 e. The van der Waals surface area contributed by atoms with Crippen molar-refractivity contribution in [1.82, 2.24) is 0 Å². The van der Waals surface area contributed by atoms with Crippen LogP contribution in [0.2, 0.25) is 0 Å². The molecular formula is C40H68O12. The molecule has 2 heterocycles. The Morgan fingerprint density at radius 1 is 0.596 bits per heavy atom. The summed E-state index contributed by atoms with van der Waals surface area (Å²) in [6, 6.07) is 0. The minimum atomic E-state index is -1.46. The number of ether oxygens (including phenoxy) is 4. The summed E-state index contributed by atoms with van der Waals surface area (Å²) in [5.41, 5.74) is -2.48. The lowest BCUT2D eigenvalue weighted by atomic mass is 9.31. The Labute approximate surface area is 309 Å². The zero-order valence-electron chi connectivity index (χ0n) is 32.5. The zero-order chi connectivity index (χ0) is 38.1. The molecule has 0 aromatic rings. The number of aliphatic hydroxyl groups is 8. The Bertz CT molecular complexity index is 1320. The van der Waals surface area contributed by atoms with Crippen LogP contribution in [0.5, 0.6) is 0 Å². The smallest absolute Gasteiger partial charge is 0.186 e. The van der Waals surface area contributed by atoms with Gasteiger partial charge in [0.1, 0.15) is 36.6 Å². The molecule has 0 aromatic heterocycles. The summed E-state index contributed by atoms with van der Waals surface area (Å²) in [5.74, 6) is 0.451. The fourth-order valence-corrected chi connectivity index (χ4v) is 14.7. The molecule has 0 aromatic carbocycles. The predicted molar refractivity (Wildman–Crippen MR) is 188 cm³/mol. The molecule has 0 amide bonds. The van der Waals surface area contributed by atoms with Crippen LogP contribution < -0.4 is 0 Å². The lowest BCUT2D eigenvalue weighted by Gasteiger charge is -2.75. The van der Waals surface area contributed by atoms with Crippen molar-refractivity contribution in [1.29, 1.82) is 0 Å². The third-order valence-electron chi connectivity index (χ3n) is 17.1. The molecule has 7 aliphatic rings. The average Bonchev–Trinajstić information content (AvgIpc) is 3.42. The van der Waals surface area contributed by atoms with E-state index in [-0.39, 0.29) is 58.5 Å². The molecule has 0 bridgehead atoms. The Morgan fingerprint density at radius 3 is 1.65 bits per heavy atom. The number of aliphatic hydroxyl groups excluding tert-OH is 7. The van der Waals surface area contributed by atoms with Crippen molar-refractivity contribution in [3.05, 3.63) is 0 Å². The van der Waals surface area contributed by atoms with Crippen LogP contribution in [0.4, 0.5) is 0 Å². The first-order valence-electron chi connectivity index (χ1n) is 20.1. The minimum Gasteiger partial charge on any atom is -0.393 e. The van der Waals surface area contributed by atoms with Gasteiger partial charge < -0.3 is 59.8 Å². The van der Waals surface area contributed by atoms with Gasteiger partial charge in [0.25, 0.3) is 0 Å². The van der Waals surface area contributed by atoms with Crippen molar-refractivity contribution in [3.8, 4) is 0 Å². The first-order valence-corrected chi connectivity index (χ1v) is 20.1. The summed E-state index contributed by atoms with van der Waals surface area (Å²) in [5, 5.41) is 86.9. The molecule has 52 heavy (non-hydrogen) atoms.